The fourth-order valence-corrected chi connectivity index (χ4v) is 2.07. The van der Waals surface area contributed by atoms with Crippen molar-refractivity contribution in [3.8, 4) is 5.75 Å². The van der Waals surface area contributed by atoms with Crippen LogP contribution in [0.5, 0.6) is 5.75 Å². The summed E-state index contributed by atoms with van der Waals surface area (Å²) in [6, 6.07) is 4.35. The summed E-state index contributed by atoms with van der Waals surface area (Å²) < 4.78 is 18.2. The number of ether oxygens (including phenoxy) is 1. The molecule has 0 unspecified atom stereocenters. The van der Waals surface area contributed by atoms with Gasteiger partial charge >= 0.3 is 0 Å². The molecule has 0 aliphatic carbocycles. The minimum absolute atomic E-state index is 0.0338. The van der Waals surface area contributed by atoms with Crippen molar-refractivity contribution < 1.29 is 13.9 Å². The summed E-state index contributed by atoms with van der Waals surface area (Å²) in [7, 11) is 1.41. The predicted octanol–water partition coefficient (Wildman–Crippen LogP) is 2.11. The van der Waals surface area contributed by atoms with Gasteiger partial charge in [-0.25, -0.2) is 4.39 Å². The number of rotatable bonds is 4. The number of carbonyl (C=O) groups is 1. The normalized spacial score (nSPS) is 16.1. The van der Waals surface area contributed by atoms with Gasteiger partial charge in [-0.3, -0.25) is 9.69 Å². The van der Waals surface area contributed by atoms with Crippen LogP contribution in [-0.4, -0.2) is 37.4 Å². The van der Waals surface area contributed by atoms with Crippen molar-refractivity contribution in [1.29, 1.82) is 0 Å². The molecule has 4 heteroatoms. The highest BCUT2D eigenvalue weighted by Gasteiger charge is 2.17. The molecule has 0 amide bonds. The monoisotopic (exact) mass is 237 g/mol. The maximum atomic E-state index is 13.4. The first kappa shape index (κ1) is 12.0. The summed E-state index contributed by atoms with van der Waals surface area (Å²) in [5.41, 5.74) is 0.412. The van der Waals surface area contributed by atoms with E-state index in [4.69, 9.17) is 4.74 Å². The Kier molecular flexibility index (Phi) is 3.74. The van der Waals surface area contributed by atoms with Crippen LogP contribution in [0.2, 0.25) is 0 Å². The molecule has 17 heavy (non-hydrogen) atoms. The Bertz CT molecular complexity index is 414. The molecular formula is C13H16FNO2. The average molecular weight is 237 g/mol. The highest BCUT2D eigenvalue weighted by molar-refractivity contribution is 5.97. The molecule has 1 aromatic rings. The number of nitrogens with zero attached hydrogens (tertiary/aromatic N) is 1. The third-order valence-corrected chi connectivity index (χ3v) is 3.04. The van der Waals surface area contributed by atoms with Crippen LogP contribution in [-0.2, 0) is 0 Å². The molecule has 0 spiro atoms. The van der Waals surface area contributed by atoms with Crippen LogP contribution >= 0.6 is 0 Å². The number of likely N-dealkylation sites (tertiary alicyclic amines) is 1. The molecule has 1 aliphatic rings. The number of benzene rings is 1. The van der Waals surface area contributed by atoms with E-state index in [2.05, 4.69) is 4.90 Å². The van der Waals surface area contributed by atoms with Gasteiger partial charge in [0.2, 0.25) is 0 Å². The summed E-state index contributed by atoms with van der Waals surface area (Å²) in [6.07, 6.45) is 2.29. The highest BCUT2D eigenvalue weighted by atomic mass is 19.1. The van der Waals surface area contributed by atoms with Crippen LogP contribution < -0.4 is 4.74 Å². The smallest absolute Gasteiger partial charge is 0.176 e. The number of carbonyl (C=O) groups excluding carboxylic acids is 1. The highest BCUT2D eigenvalue weighted by Crippen LogP contribution is 2.18. The zero-order chi connectivity index (χ0) is 12.3. The Morgan fingerprint density at radius 1 is 1.41 bits per heavy atom. The van der Waals surface area contributed by atoms with E-state index in [1.807, 2.05) is 0 Å². The standard InChI is InChI=1S/C13H16FNO2/c1-17-13-5-4-10(8-11(13)14)12(16)9-15-6-2-3-7-15/h4-5,8H,2-3,6-7,9H2,1H3. The van der Waals surface area contributed by atoms with E-state index in [-0.39, 0.29) is 11.5 Å². The maximum absolute atomic E-state index is 13.4. The lowest BCUT2D eigenvalue weighted by molar-refractivity contribution is 0.0945. The summed E-state index contributed by atoms with van der Waals surface area (Å²) in [6.45, 7) is 2.31. The third kappa shape index (κ3) is 2.82. The number of hydrogen-bond acceptors (Lipinski definition) is 3. The van der Waals surface area contributed by atoms with Crippen molar-refractivity contribution in [3.63, 3.8) is 0 Å². The summed E-state index contributed by atoms with van der Waals surface area (Å²) in [4.78, 5) is 14.0. The second-order valence-corrected chi connectivity index (χ2v) is 4.26. The molecule has 0 atom stereocenters. The molecule has 0 radical (unpaired) electrons. The molecule has 1 saturated heterocycles. The molecule has 2 rings (SSSR count). The van der Waals surface area contributed by atoms with Gasteiger partial charge in [0, 0.05) is 5.56 Å². The molecular weight excluding hydrogens is 221 g/mol. The minimum atomic E-state index is -0.486. The van der Waals surface area contributed by atoms with Gasteiger partial charge < -0.3 is 4.74 Å². The van der Waals surface area contributed by atoms with Crippen molar-refractivity contribution in [2.75, 3.05) is 26.7 Å². The number of hydrogen-bond donors (Lipinski definition) is 0. The molecule has 0 N–H and O–H groups in total. The van der Waals surface area contributed by atoms with Crippen LogP contribution in [0.1, 0.15) is 23.2 Å². The first-order valence-electron chi connectivity index (χ1n) is 5.80. The van der Waals surface area contributed by atoms with Crippen LogP contribution in [0, 0.1) is 5.82 Å². The summed E-state index contributed by atoms with van der Waals surface area (Å²) >= 11 is 0. The lowest BCUT2D eigenvalue weighted by Gasteiger charge is -2.13. The Hall–Kier alpha value is -1.42. The number of ketones is 1. The minimum Gasteiger partial charge on any atom is -0.494 e. The fourth-order valence-electron chi connectivity index (χ4n) is 2.07. The van der Waals surface area contributed by atoms with Crippen LogP contribution in [0.15, 0.2) is 18.2 Å². The van der Waals surface area contributed by atoms with Crippen LogP contribution in [0.25, 0.3) is 0 Å². The fraction of sp³-hybridized carbons (Fsp3) is 0.462. The van der Waals surface area contributed by atoms with Gasteiger partial charge in [0.1, 0.15) is 0 Å². The van der Waals surface area contributed by atoms with Gasteiger partial charge in [-0.1, -0.05) is 0 Å². The van der Waals surface area contributed by atoms with E-state index in [9.17, 15) is 9.18 Å². The first-order valence-corrected chi connectivity index (χ1v) is 5.80. The predicted molar refractivity (Wildman–Crippen MR) is 63.0 cm³/mol. The van der Waals surface area contributed by atoms with E-state index in [0.29, 0.717) is 12.1 Å². The molecule has 0 bridgehead atoms. The van der Waals surface area contributed by atoms with Gasteiger partial charge in [-0.05, 0) is 44.1 Å². The SMILES string of the molecule is COc1ccc(C(=O)CN2CCCC2)cc1F. The number of Topliss-reactive ketones (excluding diaryl/α,β-unsaturated/α-hetero) is 1. The van der Waals surface area contributed by atoms with Crippen molar-refractivity contribution in [2.45, 2.75) is 12.8 Å². The number of methoxy groups -OCH3 is 1. The van der Waals surface area contributed by atoms with Crippen molar-refractivity contribution in [2.24, 2.45) is 0 Å². The zero-order valence-corrected chi connectivity index (χ0v) is 9.91. The largest absolute Gasteiger partial charge is 0.494 e. The van der Waals surface area contributed by atoms with Crippen molar-refractivity contribution in [3.05, 3.63) is 29.6 Å². The molecule has 3 nitrogen and oxygen atoms in total. The molecule has 1 fully saturated rings. The quantitative estimate of drug-likeness (QED) is 0.751. The zero-order valence-electron chi connectivity index (χ0n) is 9.91. The van der Waals surface area contributed by atoms with Gasteiger partial charge in [0.15, 0.2) is 17.3 Å². The van der Waals surface area contributed by atoms with Crippen LogP contribution in [0.4, 0.5) is 4.39 Å². The summed E-state index contributed by atoms with van der Waals surface area (Å²) in [5, 5.41) is 0. The van der Waals surface area contributed by atoms with E-state index in [0.717, 1.165) is 25.9 Å². The lowest BCUT2D eigenvalue weighted by Crippen LogP contribution is -2.26. The van der Waals surface area contributed by atoms with E-state index < -0.39 is 5.82 Å². The Morgan fingerprint density at radius 3 is 2.71 bits per heavy atom. The van der Waals surface area contributed by atoms with Gasteiger partial charge in [0.05, 0.1) is 13.7 Å². The van der Waals surface area contributed by atoms with E-state index >= 15 is 0 Å². The maximum Gasteiger partial charge on any atom is 0.176 e. The van der Waals surface area contributed by atoms with Crippen molar-refractivity contribution >= 4 is 5.78 Å². The molecule has 1 heterocycles. The first-order chi connectivity index (χ1) is 8.20. The summed E-state index contributed by atoms with van der Waals surface area (Å²) in [5.74, 6) is -0.351. The van der Waals surface area contributed by atoms with Gasteiger partial charge in [-0.15, -0.1) is 0 Å². The van der Waals surface area contributed by atoms with Crippen molar-refractivity contribution in [1.82, 2.24) is 4.90 Å². The number of halogens is 1. The Morgan fingerprint density at radius 2 is 2.12 bits per heavy atom. The van der Waals surface area contributed by atoms with Gasteiger partial charge in [0.25, 0.3) is 0 Å². The second-order valence-electron chi connectivity index (χ2n) is 4.26. The molecule has 92 valence electrons. The van der Waals surface area contributed by atoms with Gasteiger partial charge in [-0.2, -0.15) is 0 Å². The molecule has 1 aliphatic heterocycles. The topological polar surface area (TPSA) is 29.5 Å². The lowest BCUT2D eigenvalue weighted by atomic mass is 10.1. The average Bonchev–Trinajstić information content (AvgIpc) is 2.81. The second kappa shape index (κ2) is 5.27. The molecule has 0 aromatic heterocycles. The molecule has 0 saturated carbocycles. The Balaban J connectivity index is 2.05. The van der Waals surface area contributed by atoms with E-state index in [1.165, 1.54) is 19.2 Å². The molecule has 1 aromatic carbocycles. The van der Waals surface area contributed by atoms with E-state index in [1.54, 1.807) is 6.07 Å². The van der Waals surface area contributed by atoms with Crippen LogP contribution in [0.3, 0.4) is 0 Å². The third-order valence-electron chi connectivity index (χ3n) is 3.04. The Labute approximate surface area is 100 Å².